The van der Waals surface area contributed by atoms with Crippen LogP contribution in [0.2, 0.25) is 0 Å². The Balaban J connectivity index is 1.42. The van der Waals surface area contributed by atoms with E-state index in [0.29, 0.717) is 29.1 Å². The summed E-state index contributed by atoms with van der Waals surface area (Å²) in [5.74, 6) is -0.519. The van der Waals surface area contributed by atoms with Gasteiger partial charge in [-0.25, -0.2) is 14.6 Å². The summed E-state index contributed by atoms with van der Waals surface area (Å²) < 4.78 is 33.7. The van der Waals surface area contributed by atoms with Crippen molar-refractivity contribution in [2.75, 3.05) is 25.2 Å². The van der Waals surface area contributed by atoms with Crippen LogP contribution >= 0.6 is 0 Å². The van der Waals surface area contributed by atoms with Gasteiger partial charge in [0.15, 0.2) is 5.72 Å². The highest BCUT2D eigenvalue weighted by molar-refractivity contribution is 6.01. The number of benzene rings is 1. The number of hydrogen-bond acceptors (Lipinski definition) is 5. The maximum Gasteiger partial charge on any atom is 0.419 e. The van der Waals surface area contributed by atoms with Crippen LogP contribution in [0.1, 0.15) is 61.9 Å². The summed E-state index contributed by atoms with van der Waals surface area (Å²) in [6.45, 7) is -1.08. The number of fused-ring (bicyclic) bond motifs is 3. The van der Waals surface area contributed by atoms with E-state index in [1.807, 2.05) is 0 Å². The molecule has 0 bridgehead atoms. The molecule has 5 rings (SSSR count). The Hall–Kier alpha value is -3.21. The van der Waals surface area contributed by atoms with E-state index in [9.17, 15) is 28.3 Å². The zero-order valence-corrected chi connectivity index (χ0v) is 20.6. The monoisotopic (exact) mass is 518 g/mol. The Morgan fingerprint density at radius 1 is 1.08 bits per heavy atom. The van der Waals surface area contributed by atoms with E-state index in [-0.39, 0.29) is 30.4 Å². The lowest BCUT2D eigenvalue weighted by Gasteiger charge is -2.33. The number of carbonyl (C=O) groups excluding carboxylic acids is 2. The normalized spacial score (nSPS) is 23.7. The average molecular weight is 519 g/mol. The minimum absolute atomic E-state index is 0.0472. The van der Waals surface area contributed by atoms with Gasteiger partial charge in [-0.1, -0.05) is 32.1 Å². The van der Waals surface area contributed by atoms with Gasteiger partial charge in [0.05, 0.1) is 18.9 Å². The lowest BCUT2D eigenvalue weighted by atomic mass is 9.76. The van der Waals surface area contributed by atoms with Crippen molar-refractivity contribution in [1.82, 2.24) is 15.0 Å². The van der Waals surface area contributed by atoms with Gasteiger partial charge >= 0.3 is 12.1 Å². The number of hydrogen-bond donors (Lipinski definition) is 3. The molecule has 1 aromatic heterocycles. The molecule has 0 radical (unpaired) electrons. The molecule has 3 heterocycles. The van der Waals surface area contributed by atoms with E-state index >= 15 is 0 Å². The number of halogens is 2. The topological polar surface area (TPSA) is 113 Å². The highest BCUT2D eigenvalue weighted by atomic mass is 19.1. The van der Waals surface area contributed by atoms with E-state index in [1.54, 1.807) is 28.8 Å². The second-order valence-corrected chi connectivity index (χ2v) is 10.2. The van der Waals surface area contributed by atoms with Crippen LogP contribution in [-0.4, -0.2) is 58.6 Å². The zero-order valence-electron chi connectivity index (χ0n) is 20.6. The van der Waals surface area contributed by atoms with Crippen LogP contribution < -0.4 is 10.7 Å². The number of rotatable bonds is 8. The zero-order chi connectivity index (χ0) is 26.2. The maximum absolute atomic E-state index is 13.5. The van der Waals surface area contributed by atoms with Crippen LogP contribution in [0.15, 0.2) is 24.3 Å². The molecule has 2 amide bonds. The number of cyclic esters (lactones) is 1. The lowest BCUT2D eigenvalue weighted by molar-refractivity contribution is -0.123. The number of alkyl halides is 2. The van der Waals surface area contributed by atoms with E-state index in [4.69, 9.17) is 4.74 Å². The van der Waals surface area contributed by atoms with Gasteiger partial charge in [-0.15, -0.1) is 0 Å². The summed E-state index contributed by atoms with van der Waals surface area (Å²) in [5.41, 5.74) is 2.26. The molecule has 1 saturated heterocycles. The average Bonchev–Trinajstić information content (AvgIpc) is 3.52. The van der Waals surface area contributed by atoms with E-state index in [2.05, 4.69) is 10.7 Å². The molecule has 1 saturated carbocycles. The highest BCUT2D eigenvalue weighted by Crippen LogP contribution is 2.42. The summed E-state index contributed by atoms with van der Waals surface area (Å²) >= 11 is 0. The summed E-state index contributed by atoms with van der Waals surface area (Å²) in [5, 5.41) is 14.4. The standard InChI is InChI=1S/C26H32F2N4O5/c27-11-9-26(10-12-28)32-20-7-6-18(14-17(20)15-21(32)24(34)37-26)29-23(33)22-19(16-4-2-1-3-5-16)8-13-31(22)30-25(35)36/h6-7,14-16,19,22,30H,1-5,8-13H2,(H,29,33)(H,35,36)/t19-,22-/m0/s1. The van der Waals surface area contributed by atoms with Crippen LogP contribution in [-0.2, 0) is 15.3 Å². The quantitative estimate of drug-likeness (QED) is 0.441. The van der Waals surface area contributed by atoms with Crippen LogP contribution in [0.25, 0.3) is 10.9 Å². The minimum atomic E-state index is -1.41. The van der Waals surface area contributed by atoms with Gasteiger partial charge in [0, 0.05) is 30.5 Å². The van der Waals surface area contributed by atoms with Crippen LogP contribution in [0, 0.1) is 11.8 Å². The van der Waals surface area contributed by atoms with Gasteiger partial charge in [-0.3, -0.25) is 23.6 Å². The Morgan fingerprint density at radius 2 is 1.81 bits per heavy atom. The van der Waals surface area contributed by atoms with Crippen molar-refractivity contribution in [3.63, 3.8) is 0 Å². The third kappa shape index (κ3) is 4.65. The molecule has 3 N–H and O–H groups in total. The number of amides is 2. The molecule has 200 valence electrons. The third-order valence-electron chi connectivity index (χ3n) is 8.15. The molecular weight excluding hydrogens is 486 g/mol. The van der Waals surface area contributed by atoms with Crippen LogP contribution in [0.4, 0.5) is 19.3 Å². The summed E-state index contributed by atoms with van der Waals surface area (Å²) in [7, 11) is 0. The van der Waals surface area contributed by atoms with E-state index in [1.165, 1.54) is 11.4 Å². The van der Waals surface area contributed by atoms with Crippen molar-refractivity contribution in [2.24, 2.45) is 11.8 Å². The number of aromatic nitrogens is 1. The number of carbonyl (C=O) groups is 3. The largest absolute Gasteiger partial charge is 0.464 e. The number of nitrogens with one attached hydrogen (secondary N) is 2. The summed E-state index contributed by atoms with van der Waals surface area (Å²) in [4.78, 5) is 37.4. The van der Waals surface area contributed by atoms with Crippen molar-refractivity contribution >= 4 is 34.6 Å². The minimum Gasteiger partial charge on any atom is -0.464 e. The first kappa shape index (κ1) is 25.4. The Morgan fingerprint density at radius 3 is 2.49 bits per heavy atom. The SMILES string of the molecule is O=C(O)NN1CC[C@@H](C2CCCCC2)[C@H]1C(=O)Nc1ccc2c(c1)cc1n2C(CCF)(CCF)OC1=O. The smallest absolute Gasteiger partial charge is 0.419 e. The molecule has 3 aliphatic rings. The van der Waals surface area contributed by atoms with Gasteiger partial charge in [0.1, 0.15) is 11.7 Å². The number of carboxylic acid groups (broad SMARTS) is 1. The van der Waals surface area contributed by atoms with Crippen molar-refractivity contribution in [3.8, 4) is 0 Å². The molecule has 11 heteroatoms. The Bertz CT molecular complexity index is 1190. The highest BCUT2D eigenvalue weighted by Gasteiger charge is 2.46. The van der Waals surface area contributed by atoms with Crippen molar-refractivity contribution in [1.29, 1.82) is 0 Å². The summed E-state index contributed by atoms with van der Waals surface area (Å²) in [6, 6.07) is 6.05. The number of anilines is 1. The first-order valence-electron chi connectivity index (χ1n) is 13.0. The molecule has 0 unspecified atom stereocenters. The van der Waals surface area contributed by atoms with Gasteiger partial charge in [0.25, 0.3) is 0 Å². The Labute approximate surface area is 213 Å². The van der Waals surface area contributed by atoms with Crippen LogP contribution in [0.5, 0.6) is 0 Å². The second-order valence-electron chi connectivity index (χ2n) is 10.2. The molecule has 2 fully saturated rings. The number of esters is 1. The first-order valence-corrected chi connectivity index (χ1v) is 13.0. The van der Waals surface area contributed by atoms with Gasteiger partial charge in [-0.2, -0.15) is 0 Å². The fraction of sp³-hybridized carbons (Fsp3) is 0.577. The van der Waals surface area contributed by atoms with Gasteiger partial charge < -0.3 is 15.2 Å². The van der Waals surface area contributed by atoms with E-state index in [0.717, 1.165) is 32.1 Å². The first-order chi connectivity index (χ1) is 17.9. The maximum atomic E-state index is 13.5. The number of nitrogens with zero attached hydrogens (tertiary/aromatic N) is 2. The van der Waals surface area contributed by atoms with Crippen LogP contribution in [0.3, 0.4) is 0 Å². The predicted molar refractivity (Wildman–Crippen MR) is 131 cm³/mol. The molecule has 1 aliphatic carbocycles. The van der Waals surface area contributed by atoms with Crippen molar-refractivity contribution in [2.45, 2.75) is 63.1 Å². The number of hydrazine groups is 1. The molecule has 2 atom stereocenters. The molecular formula is C26H32F2N4O5. The third-order valence-corrected chi connectivity index (χ3v) is 8.15. The number of ether oxygens (including phenoxy) is 1. The lowest BCUT2D eigenvalue weighted by Crippen LogP contribution is -2.52. The fourth-order valence-electron chi connectivity index (χ4n) is 6.57. The van der Waals surface area contributed by atoms with Crippen molar-refractivity contribution < 1.29 is 33.0 Å². The molecule has 37 heavy (non-hydrogen) atoms. The Kier molecular flexibility index (Phi) is 7.06. The fourth-order valence-corrected chi connectivity index (χ4v) is 6.57. The van der Waals surface area contributed by atoms with Crippen molar-refractivity contribution in [3.05, 3.63) is 30.0 Å². The van der Waals surface area contributed by atoms with Gasteiger partial charge in [-0.05, 0) is 42.5 Å². The second kappa shape index (κ2) is 10.3. The molecule has 2 aromatic rings. The van der Waals surface area contributed by atoms with Gasteiger partial charge in [0.2, 0.25) is 5.91 Å². The van der Waals surface area contributed by atoms with E-state index < -0.39 is 37.2 Å². The molecule has 0 spiro atoms. The summed E-state index contributed by atoms with van der Waals surface area (Å²) in [6.07, 6.45) is 4.71. The molecule has 9 nitrogen and oxygen atoms in total. The predicted octanol–water partition coefficient (Wildman–Crippen LogP) is 4.58. The molecule has 1 aromatic carbocycles. The molecule has 2 aliphatic heterocycles.